The molecule has 8 heteroatoms. The quantitative estimate of drug-likeness (QED) is 0.898. The van der Waals surface area contributed by atoms with Gasteiger partial charge in [-0.25, -0.2) is 8.78 Å². The molecule has 2 heterocycles. The van der Waals surface area contributed by atoms with Crippen molar-refractivity contribution in [2.24, 2.45) is 7.05 Å². The molecule has 2 rings (SSSR count). The van der Waals surface area contributed by atoms with Crippen LogP contribution in [-0.4, -0.2) is 32.6 Å². The first-order valence-corrected chi connectivity index (χ1v) is 6.27. The molecule has 1 saturated heterocycles. The molecule has 1 aromatic rings. The van der Waals surface area contributed by atoms with Crippen LogP contribution in [0.15, 0.2) is 6.20 Å². The summed E-state index contributed by atoms with van der Waals surface area (Å²) in [5.74, 6) is -0.0438. The van der Waals surface area contributed by atoms with E-state index in [4.69, 9.17) is 0 Å². The standard InChI is InChI=1S/C10H11F2N3O2S/c1-15-4-5(7(14-15)8(11)12)9(16)13-6-2-3-18-10(6)17/h4,6,8H,2-3H2,1H3,(H,13,16). The van der Waals surface area contributed by atoms with Crippen molar-refractivity contribution >= 4 is 22.8 Å². The SMILES string of the molecule is Cn1cc(C(=O)NC2CCSC2=O)c(C(F)F)n1. The second kappa shape index (κ2) is 5.05. The van der Waals surface area contributed by atoms with E-state index in [1.54, 1.807) is 0 Å². The summed E-state index contributed by atoms with van der Waals surface area (Å²) in [7, 11) is 1.46. The average Bonchev–Trinajstić information content (AvgIpc) is 2.86. The highest BCUT2D eigenvalue weighted by Crippen LogP contribution is 2.23. The van der Waals surface area contributed by atoms with Gasteiger partial charge in [0.05, 0.1) is 11.6 Å². The van der Waals surface area contributed by atoms with Crippen LogP contribution in [0.25, 0.3) is 0 Å². The zero-order chi connectivity index (χ0) is 13.3. The van der Waals surface area contributed by atoms with Crippen LogP contribution in [0.5, 0.6) is 0 Å². The Balaban J connectivity index is 2.15. The normalized spacial score (nSPS) is 19.6. The number of amides is 1. The van der Waals surface area contributed by atoms with Gasteiger partial charge in [-0.15, -0.1) is 0 Å². The Hall–Kier alpha value is -1.44. The molecule has 0 spiro atoms. The third-order valence-electron chi connectivity index (χ3n) is 2.55. The summed E-state index contributed by atoms with van der Waals surface area (Å²) >= 11 is 1.14. The molecule has 0 aromatic carbocycles. The Bertz CT molecular complexity index is 489. The molecule has 5 nitrogen and oxygen atoms in total. The van der Waals surface area contributed by atoms with Crippen LogP contribution in [-0.2, 0) is 11.8 Å². The zero-order valence-electron chi connectivity index (χ0n) is 9.52. The molecule has 0 saturated carbocycles. The van der Waals surface area contributed by atoms with Gasteiger partial charge in [-0.3, -0.25) is 14.3 Å². The lowest BCUT2D eigenvalue weighted by molar-refractivity contribution is -0.112. The number of halogens is 2. The van der Waals surface area contributed by atoms with Crippen molar-refractivity contribution in [1.29, 1.82) is 0 Å². The maximum Gasteiger partial charge on any atom is 0.282 e. The molecule has 0 bridgehead atoms. The second-order valence-electron chi connectivity index (χ2n) is 3.88. The number of nitrogens with one attached hydrogen (secondary N) is 1. The lowest BCUT2D eigenvalue weighted by atomic mass is 10.2. The highest BCUT2D eigenvalue weighted by molar-refractivity contribution is 8.14. The first-order valence-electron chi connectivity index (χ1n) is 5.28. The van der Waals surface area contributed by atoms with E-state index in [-0.39, 0.29) is 10.7 Å². The maximum absolute atomic E-state index is 12.7. The number of hydrogen-bond acceptors (Lipinski definition) is 4. The molecule has 1 amide bonds. The fourth-order valence-electron chi connectivity index (χ4n) is 1.70. The smallest absolute Gasteiger partial charge is 0.282 e. The first-order chi connectivity index (χ1) is 8.49. The van der Waals surface area contributed by atoms with E-state index in [1.165, 1.54) is 13.2 Å². The monoisotopic (exact) mass is 275 g/mol. The molecular formula is C10H11F2N3O2S. The minimum atomic E-state index is -2.82. The average molecular weight is 275 g/mol. The molecule has 1 unspecified atom stereocenters. The minimum absolute atomic E-state index is 0.133. The molecular weight excluding hydrogens is 264 g/mol. The van der Waals surface area contributed by atoms with Gasteiger partial charge in [0.25, 0.3) is 12.3 Å². The lowest BCUT2D eigenvalue weighted by Gasteiger charge is -2.09. The molecule has 1 N–H and O–H groups in total. The summed E-state index contributed by atoms with van der Waals surface area (Å²) < 4.78 is 26.5. The van der Waals surface area contributed by atoms with E-state index in [1.807, 2.05) is 0 Å². The van der Waals surface area contributed by atoms with Crippen LogP contribution >= 0.6 is 11.8 Å². The summed E-state index contributed by atoms with van der Waals surface area (Å²) in [6, 6.07) is -0.590. The van der Waals surface area contributed by atoms with E-state index in [0.29, 0.717) is 12.2 Å². The molecule has 1 aliphatic heterocycles. The third-order valence-corrected chi connectivity index (χ3v) is 3.56. The number of aryl methyl sites for hydroxylation is 1. The summed E-state index contributed by atoms with van der Waals surface area (Å²) in [5.41, 5.74) is -0.745. The number of hydrogen-bond donors (Lipinski definition) is 1. The van der Waals surface area contributed by atoms with Crippen molar-refractivity contribution in [3.8, 4) is 0 Å². The van der Waals surface area contributed by atoms with E-state index in [9.17, 15) is 18.4 Å². The van der Waals surface area contributed by atoms with Gasteiger partial charge < -0.3 is 5.32 Å². The molecule has 1 aliphatic rings. The molecule has 0 radical (unpaired) electrons. The third kappa shape index (κ3) is 2.53. The van der Waals surface area contributed by atoms with Gasteiger partial charge in [0.1, 0.15) is 5.69 Å². The molecule has 1 fully saturated rings. The van der Waals surface area contributed by atoms with Crippen molar-refractivity contribution in [1.82, 2.24) is 15.1 Å². The van der Waals surface area contributed by atoms with Crippen molar-refractivity contribution in [3.05, 3.63) is 17.5 Å². The number of carbonyl (C=O) groups excluding carboxylic acids is 2. The predicted molar refractivity (Wildman–Crippen MR) is 61.5 cm³/mol. The summed E-state index contributed by atoms with van der Waals surface area (Å²) in [6.45, 7) is 0. The van der Waals surface area contributed by atoms with Gasteiger partial charge in [0.15, 0.2) is 0 Å². The maximum atomic E-state index is 12.7. The molecule has 1 atom stereocenters. The number of thioether (sulfide) groups is 1. The van der Waals surface area contributed by atoms with Gasteiger partial charge in [-0.05, 0) is 6.42 Å². The van der Waals surface area contributed by atoms with Crippen LogP contribution < -0.4 is 5.32 Å². The Morgan fingerprint density at radius 2 is 2.39 bits per heavy atom. The van der Waals surface area contributed by atoms with Crippen molar-refractivity contribution in [3.63, 3.8) is 0 Å². The van der Waals surface area contributed by atoms with Crippen LogP contribution in [0.2, 0.25) is 0 Å². The van der Waals surface area contributed by atoms with Crippen LogP contribution in [0, 0.1) is 0 Å². The van der Waals surface area contributed by atoms with Gasteiger partial charge in [0, 0.05) is 19.0 Å². The molecule has 18 heavy (non-hydrogen) atoms. The van der Waals surface area contributed by atoms with E-state index >= 15 is 0 Å². The molecule has 98 valence electrons. The second-order valence-corrected chi connectivity index (χ2v) is 4.98. The minimum Gasteiger partial charge on any atom is -0.341 e. The Labute approximate surface area is 106 Å². The predicted octanol–water partition coefficient (Wildman–Crippen LogP) is 1.12. The van der Waals surface area contributed by atoms with Crippen molar-refractivity contribution in [2.45, 2.75) is 18.9 Å². The van der Waals surface area contributed by atoms with Gasteiger partial charge in [-0.2, -0.15) is 5.10 Å². The van der Waals surface area contributed by atoms with Crippen molar-refractivity contribution in [2.75, 3.05) is 5.75 Å². The Kier molecular flexibility index (Phi) is 3.65. The molecule has 1 aromatic heterocycles. The largest absolute Gasteiger partial charge is 0.341 e. The molecule has 0 aliphatic carbocycles. The number of rotatable bonds is 3. The van der Waals surface area contributed by atoms with Crippen LogP contribution in [0.4, 0.5) is 8.78 Å². The topological polar surface area (TPSA) is 64.0 Å². The zero-order valence-corrected chi connectivity index (χ0v) is 10.3. The summed E-state index contributed by atoms with van der Waals surface area (Å²) in [4.78, 5) is 23.2. The number of carbonyl (C=O) groups is 2. The Morgan fingerprint density at radius 3 is 2.94 bits per heavy atom. The van der Waals surface area contributed by atoms with Gasteiger partial charge in [-0.1, -0.05) is 11.8 Å². The summed E-state index contributed by atoms with van der Waals surface area (Å²) in [6.07, 6.45) is -1.07. The van der Waals surface area contributed by atoms with E-state index in [0.717, 1.165) is 16.4 Å². The van der Waals surface area contributed by atoms with Crippen LogP contribution in [0.3, 0.4) is 0 Å². The van der Waals surface area contributed by atoms with E-state index in [2.05, 4.69) is 10.4 Å². The fraction of sp³-hybridized carbons (Fsp3) is 0.500. The first kappa shape index (κ1) is 13.0. The van der Waals surface area contributed by atoms with Gasteiger partial charge >= 0.3 is 0 Å². The van der Waals surface area contributed by atoms with Gasteiger partial charge in [0.2, 0.25) is 5.12 Å². The number of alkyl halides is 2. The Morgan fingerprint density at radius 1 is 1.67 bits per heavy atom. The highest BCUT2D eigenvalue weighted by Gasteiger charge is 2.29. The van der Waals surface area contributed by atoms with E-state index < -0.39 is 24.1 Å². The highest BCUT2D eigenvalue weighted by atomic mass is 32.2. The number of nitrogens with zero attached hydrogens (tertiary/aromatic N) is 2. The summed E-state index contributed by atoms with van der Waals surface area (Å²) in [5, 5.41) is 5.86. The van der Waals surface area contributed by atoms with Crippen molar-refractivity contribution < 1.29 is 18.4 Å². The van der Waals surface area contributed by atoms with Crippen LogP contribution in [0.1, 0.15) is 28.9 Å². The number of aromatic nitrogens is 2. The fourth-order valence-corrected chi connectivity index (χ4v) is 2.64. The lowest BCUT2D eigenvalue weighted by Crippen LogP contribution is -2.37.